The van der Waals surface area contributed by atoms with Crippen molar-refractivity contribution in [3.8, 4) is 28.7 Å². The Morgan fingerprint density at radius 1 is 0.935 bits per heavy atom. The molecule has 10 heteroatoms. The summed E-state index contributed by atoms with van der Waals surface area (Å²) in [5.74, 6) is -0.402. The molecular weight excluding hydrogens is 424 g/mol. The molecule has 1 saturated heterocycles. The normalized spacial score (nSPS) is 15.0. The smallest absolute Gasteiger partial charge is 0.270 e. The summed E-state index contributed by atoms with van der Waals surface area (Å²) in [7, 11) is 5.70. The topological polar surface area (TPSA) is 107 Å². The molecule has 0 aromatic heterocycles. The van der Waals surface area contributed by atoms with E-state index in [-0.39, 0.29) is 27.9 Å². The maximum atomic E-state index is 13.3. The fourth-order valence-electron chi connectivity index (χ4n) is 3.01. The third-order valence-electron chi connectivity index (χ3n) is 4.54. The lowest BCUT2D eigenvalue weighted by molar-refractivity contribution is -0.122. The summed E-state index contributed by atoms with van der Waals surface area (Å²) < 4.78 is 20.8. The summed E-state index contributed by atoms with van der Waals surface area (Å²) in [6, 6.07) is 7.78. The molecule has 1 aliphatic heterocycles. The van der Waals surface area contributed by atoms with Gasteiger partial charge in [0.15, 0.2) is 16.6 Å². The molecule has 3 rings (SSSR count). The number of anilines is 1. The van der Waals surface area contributed by atoms with Crippen LogP contribution in [0.2, 0.25) is 0 Å². The highest BCUT2D eigenvalue weighted by Gasteiger charge is 2.36. The molecular formula is C21H20N2O7S. The minimum absolute atomic E-state index is 0.0866. The Kier molecular flexibility index (Phi) is 6.30. The Hall–Kier alpha value is -3.79. The molecule has 0 bridgehead atoms. The highest BCUT2D eigenvalue weighted by molar-refractivity contribution is 7.80. The molecule has 0 radical (unpaired) electrons. The monoisotopic (exact) mass is 444 g/mol. The number of benzene rings is 2. The number of carbonyl (C=O) groups excluding carboxylic acids is 2. The van der Waals surface area contributed by atoms with Crippen molar-refractivity contribution in [3.05, 3.63) is 41.5 Å². The Morgan fingerprint density at radius 3 is 2.10 bits per heavy atom. The van der Waals surface area contributed by atoms with Crippen molar-refractivity contribution < 1.29 is 33.6 Å². The van der Waals surface area contributed by atoms with Gasteiger partial charge in [0, 0.05) is 6.07 Å². The second-order valence-electron chi connectivity index (χ2n) is 6.27. The van der Waals surface area contributed by atoms with E-state index in [1.165, 1.54) is 46.6 Å². The number of hydrogen-bond donors (Lipinski definition) is 2. The standard InChI is InChI=1S/C21H20N2O7S/c1-27-12-5-6-14(15(10-12)28-2)23-20(26)13(19(25)22-21(23)31)7-11-8-16(29-3)18(24)17(9-11)30-4/h5-10,24H,1-4H3,(H,22,25,31)/b13-7+. The molecule has 1 heterocycles. The van der Waals surface area contributed by atoms with Gasteiger partial charge in [-0.25, -0.2) is 4.90 Å². The van der Waals surface area contributed by atoms with Crippen molar-refractivity contribution in [3.63, 3.8) is 0 Å². The van der Waals surface area contributed by atoms with E-state index in [2.05, 4.69) is 5.32 Å². The molecule has 0 atom stereocenters. The van der Waals surface area contributed by atoms with Crippen molar-refractivity contribution >= 4 is 40.9 Å². The first-order valence-electron chi connectivity index (χ1n) is 8.93. The summed E-state index contributed by atoms with van der Waals surface area (Å²) in [6.45, 7) is 0. The zero-order valence-electron chi connectivity index (χ0n) is 17.2. The molecule has 2 aromatic carbocycles. The number of hydrogen-bond acceptors (Lipinski definition) is 8. The zero-order chi connectivity index (χ0) is 22.7. The van der Waals surface area contributed by atoms with E-state index in [0.717, 1.165) is 4.90 Å². The fourth-order valence-corrected chi connectivity index (χ4v) is 3.28. The molecule has 0 aliphatic carbocycles. The van der Waals surface area contributed by atoms with Crippen LogP contribution in [0.4, 0.5) is 5.69 Å². The van der Waals surface area contributed by atoms with Crippen LogP contribution in [-0.2, 0) is 9.59 Å². The van der Waals surface area contributed by atoms with Gasteiger partial charge in [0.1, 0.15) is 17.1 Å². The van der Waals surface area contributed by atoms with Crippen molar-refractivity contribution in [1.29, 1.82) is 0 Å². The third kappa shape index (κ3) is 4.10. The highest BCUT2D eigenvalue weighted by Crippen LogP contribution is 2.38. The maximum Gasteiger partial charge on any atom is 0.270 e. The van der Waals surface area contributed by atoms with E-state index in [1.54, 1.807) is 18.2 Å². The largest absolute Gasteiger partial charge is 0.502 e. The van der Waals surface area contributed by atoms with Crippen LogP contribution in [-0.4, -0.2) is 50.5 Å². The zero-order valence-corrected chi connectivity index (χ0v) is 18.0. The SMILES string of the molecule is COc1ccc(N2C(=O)/C(=C/c3cc(OC)c(O)c(OC)c3)C(=O)NC2=S)c(OC)c1. The van der Waals surface area contributed by atoms with Gasteiger partial charge < -0.3 is 24.1 Å². The number of phenols is 1. The molecule has 1 fully saturated rings. The third-order valence-corrected chi connectivity index (χ3v) is 4.83. The number of carbonyl (C=O) groups is 2. The minimum atomic E-state index is -0.662. The number of thiocarbonyl (C=S) groups is 1. The first-order valence-corrected chi connectivity index (χ1v) is 9.33. The van der Waals surface area contributed by atoms with Crippen LogP contribution in [0.5, 0.6) is 28.7 Å². The molecule has 2 N–H and O–H groups in total. The predicted octanol–water partition coefficient (Wildman–Crippen LogP) is 2.26. The van der Waals surface area contributed by atoms with Crippen LogP contribution in [0, 0.1) is 0 Å². The van der Waals surface area contributed by atoms with Gasteiger partial charge in [0.05, 0.1) is 34.1 Å². The number of ether oxygens (including phenoxy) is 4. The Balaban J connectivity index is 2.09. The van der Waals surface area contributed by atoms with Gasteiger partial charge in [-0.2, -0.15) is 0 Å². The number of nitrogens with one attached hydrogen (secondary N) is 1. The van der Waals surface area contributed by atoms with Gasteiger partial charge in [-0.1, -0.05) is 0 Å². The van der Waals surface area contributed by atoms with Crippen LogP contribution in [0.1, 0.15) is 5.56 Å². The molecule has 0 saturated carbocycles. The van der Waals surface area contributed by atoms with Gasteiger partial charge in [-0.3, -0.25) is 14.9 Å². The molecule has 1 aliphatic rings. The lowest BCUT2D eigenvalue weighted by atomic mass is 10.1. The Bertz CT molecular complexity index is 1070. The molecule has 2 aromatic rings. The lowest BCUT2D eigenvalue weighted by Gasteiger charge is -2.30. The molecule has 9 nitrogen and oxygen atoms in total. The van der Waals surface area contributed by atoms with Gasteiger partial charge in [-0.15, -0.1) is 0 Å². The van der Waals surface area contributed by atoms with E-state index in [1.807, 2.05) is 0 Å². The maximum absolute atomic E-state index is 13.3. The molecule has 2 amide bonds. The van der Waals surface area contributed by atoms with Crippen molar-refractivity contribution in [1.82, 2.24) is 5.32 Å². The first kappa shape index (κ1) is 21.9. The Labute approximate surface area is 183 Å². The minimum Gasteiger partial charge on any atom is -0.502 e. The van der Waals surface area contributed by atoms with E-state index in [4.69, 9.17) is 31.2 Å². The second-order valence-corrected chi connectivity index (χ2v) is 6.66. The molecule has 31 heavy (non-hydrogen) atoms. The quantitative estimate of drug-likeness (QED) is 0.397. The lowest BCUT2D eigenvalue weighted by Crippen LogP contribution is -2.54. The van der Waals surface area contributed by atoms with E-state index in [9.17, 15) is 14.7 Å². The van der Waals surface area contributed by atoms with Crippen LogP contribution >= 0.6 is 12.2 Å². The number of amides is 2. The van der Waals surface area contributed by atoms with Crippen LogP contribution in [0.3, 0.4) is 0 Å². The highest BCUT2D eigenvalue weighted by atomic mass is 32.1. The van der Waals surface area contributed by atoms with Gasteiger partial charge in [0.25, 0.3) is 11.8 Å². The van der Waals surface area contributed by atoms with Gasteiger partial charge in [0.2, 0.25) is 5.75 Å². The molecule has 0 spiro atoms. The first-order chi connectivity index (χ1) is 14.8. The molecule has 162 valence electrons. The number of phenolic OH excluding ortho intramolecular Hbond substituents is 1. The van der Waals surface area contributed by atoms with Crippen LogP contribution in [0.25, 0.3) is 6.08 Å². The number of nitrogens with zero attached hydrogens (tertiary/aromatic N) is 1. The average molecular weight is 444 g/mol. The summed E-state index contributed by atoms with van der Waals surface area (Å²) in [4.78, 5) is 27.0. The van der Waals surface area contributed by atoms with Crippen molar-refractivity contribution in [2.75, 3.05) is 33.3 Å². The Morgan fingerprint density at radius 2 is 1.55 bits per heavy atom. The number of rotatable bonds is 6. The van der Waals surface area contributed by atoms with E-state index < -0.39 is 11.8 Å². The van der Waals surface area contributed by atoms with Crippen LogP contribution in [0.15, 0.2) is 35.9 Å². The summed E-state index contributed by atoms with van der Waals surface area (Å²) in [5, 5.41) is 12.5. The molecule has 0 unspecified atom stereocenters. The van der Waals surface area contributed by atoms with Crippen molar-refractivity contribution in [2.45, 2.75) is 0 Å². The summed E-state index contributed by atoms with van der Waals surface area (Å²) in [5.41, 5.74) is 0.561. The average Bonchev–Trinajstić information content (AvgIpc) is 2.77. The van der Waals surface area contributed by atoms with Gasteiger partial charge >= 0.3 is 0 Å². The predicted molar refractivity (Wildman–Crippen MR) is 117 cm³/mol. The van der Waals surface area contributed by atoms with Gasteiger partial charge in [-0.05, 0) is 48.1 Å². The van der Waals surface area contributed by atoms with E-state index in [0.29, 0.717) is 22.7 Å². The van der Waals surface area contributed by atoms with Crippen LogP contribution < -0.4 is 29.2 Å². The fraction of sp³-hybridized carbons (Fsp3) is 0.190. The van der Waals surface area contributed by atoms with E-state index >= 15 is 0 Å². The number of methoxy groups -OCH3 is 4. The summed E-state index contributed by atoms with van der Waals surface area (Å²) in [6.07, 6.45) is 1.35. The van der Waals surface area contributed by atoms with Crippen molar-refractivity contribution in [2.24, 2.45) is 0 Å². The second kappa shape index (κ2) is 8.92. The number of aromatic hydroxyl groups is 1. The summed E-state index contributed by atoms with van der Waals surface area (Å²) >= 11 is 5.23.